The lowest BCUT2D eigenvalue weighted by Crippen LogP contribution is -2.23. The molecule has 0 aromatic carbocycles. The van der Waals surface area contributed by atoms with Crippen molar-refractivity contribution in [2.75, 3.05) is 0 Å². The zero-order valence-electron chi connectivity index (χ0n) is 14.9. The molecule has 0 spiro atoms. The van der Waals surface area contributed by atoms with Gasteiger partial charge in [0.2, 0.25) is 0 Å². The van der Waals surface area contributed by atoms with Crippen LogP contribution in [0.15, 0.2) is 28.0 Å². The van der Waals surface area contributed by atoms with Gasteiger partial charge in [0.05, 0.1) is 16.1 Å². The van der Waals surface area contributed by atoms with Crippen LogP contribution < -0.4 is 5.56 Å². The number of nitrogens with zero attached hydrogens (tertiary/aromatic N) is 3. The summed E-state index contributed by atoms with van der Waals surface area (Å²) < 4.78 is 1.77. The summed E-state index contributed by atoms with van der Waals surface area (Å²) in [6.07, 6.45) is 4.98. The summed E-state index contributed by atoms with van der Waals surface area (Å²) in [6, 6.07) is 0. The molecule has 1 atom stereocenters. The van der Waals surface area contributed by atoms with Crippen LogP contribution in [0.5, 0.6) is 0 Å². The zero-order valence-corrected chi connectivity index (χ0v) is 17.4. The fraction of sp³-hybridized carbons (Fsp3) is 0.421. The summed E-state index contributed by atoms with van der Waals surface area (Å²) in [5.74, 6) is 1.41. The van der Waals surface area contributed by atoms with Gasteiger partial charge in [-0.1, -0.05) is 24.8 Å². The Morgan fingerprint density at radius 2 is 2.31 bits per heavy atom. The van der Waals surface area contributed by atoms with Crippen molar-refractivity contribution in [2.45, 2.75) is 50.6 Å². The number of rotatable bonds is 5. The van der Waals surface area contributed by atoms with Crippen LogP contribution in [0.1, 0.15) is 34.5 Å². The Labute approximate surface area is 165 Å². The van der Waals surface area contributed by atoms with Gasteiger partial charge in [-0.15, -0.1) is 29.3 Å². The second-order valence-electron chi connectivity index (χ2n) is 6.78. The average Bonchev–Trinajstić information content (AvgIpc) is 3.18. The average molecular weight is 404 g/mol. The zero-order chi connectivity index (χ0) is 18.3. The third kappa shape index (κ3) is 3.28. The molecule has 0 saturated heterocycles. The molecule has 3 aromatic rings. The van der Waals surface area contributed by atoms with E-state index in [4.69, 9.17) is 4.98 Å². The van der Waals surface area contributed by atoms with Crippen LogP contribution in [0, 0.1) is 12.8 Å². The van der Waals surface area contributed by atoms with E-state index in [-0.39, 0.29) is 5.56 Å². The fourth-order valence-corrected chi connectivity index (χ4v) is 6.46. The highest BCUT2D eigenvalue weighted by molar-refractivity contribution is 7.98. The Bertz CT molecular complexity index is 1030. The molecule has 4 nitrogen and oxygen atoms in total. The highest BCUT2D eigenvalue weighted by Gasteiger charge is 2.24. The van der Waals surface area contributed by atoms with E-state index in [1.165, 1.54) is 10.4 Å². The maximum atomic E-state index is 13.2. The second-order valence-corrected chi connectivity index (χ2v) is 9.87. The highest BCUT2D eigenvalue weighted by atomic mass is 32.2. The van der Waals surface area contributed by atoms with Crippen molar-refractivity contribution in [3.05, 3.63) is 49.5 Å². The fourth-order valence-electron chi connectivity index (χ4n) is 3.42. The van der Waals surface area contributed by atoms with Crippen molar-refractivity contribution < 1.29 is 0 Å². The third-order valence-corrected chi connectivity index (χ3v) is 7.69. The number of aromatic nitrogens is 3. The molecule has 7 heteroatoms. The molecule has 26 heavy (non-hydrogen) atoms. The maximum absolute atomic E-state index is 13.2. The highest BCUT2D eigenvalue weighted by Crippen LogP contribution is 2.36. The Morgan fingerprint density at radius 3 is 3.04 bits per heavy atom. The lowest BCUT2D eigenvalue weighted by molar-refractivity contribution is 0.509. The van der Waals surface area contributed by atoms with Gasteiger partial charge in [-0.05, 0) is 37.7 Å². The predicted octanol–water partition coefficient (Wildman–Crippen LogP) is 4.83. The van der Waals surface area contributed by atoms with Gasteiger partial charge in [0.25, 0.3) is 5.56 Å². The normalized spacial score (nSPS) is 16.8. The first-order valence-corrected chi connectivity index (χ1v) is 11.4. The van der Waals surface area contributed by atoms with Crippen molar-refractivity contribution >= 4 is 44.7 Å². The van der Waals surface area contributed by atoms with E-state index in [2.05, 4.69) is 23.9 Å². The minimum absolute atomic E-state index is 0.0823. The lowest BCUT2D eigenvalue weighted by Gasteiger charge is -2.17. The molecule has 0 bridgehead atoms. The van der Waals surface area contributed by atoms with Crippen LogP contribution in [0.2, 0.25) is 0 Å². The molecule has 1 aliphatic rings. The molecular weight excluding hydrogens is 382 g/mol. The number of thiazole rings is 1. The monoisotopic (exact) mass is 403 g/mol. The van der Waals surface area contributed by atoms with Gasteiger partial charge in [-0.3, -0.25) is 9.36 Å². The van der Waals surface area contributed by atoms with E-state index in [1.807, 2.05) is 6.92 Å². The molecule has 1 aliphatic carbocycles. The first kappa shape index (κ1) is 17.9. The molecule has 0 fully saturated rings. The molecule has 0 amide bonds. The summed E-state index contributed by atoms with van der Waals surface area (Å²) in [6.45, 7) is 8.60. The Morgan fingerprint density at radius 1 is 1.46 bits per heavy atom. The first-order valence-electron chi connectivity index (χ1n) is 8.76. The van der Waals surface area contributed by atoms with Crippen LogP contribution in [0.25, 0.3) is 10.2 Å². The first-order chi connectivity index (χ1) is 12.6. The molecule has 0 N–H and O–H groups in total. The molecule has 136 valence electrons. The summed E-state index contributed by atoms with van der Waals surface area (Å²) in [5, 5.41) is 4.74. The van der Waals surface area contributed by atoms with Gasteiger partial charge in [-0.2, -0.15) is 0 Å². The molecule has 3 aromatic heterocycles. The van der Waals surface area contributed by atoms with Crippen molar-refractivity contribution in [1.29, 1.82) is 0 Å². The molecule has 0 aliphatic heterocycles. The van der Waals surface area contributed by atoms with Gasteiger partial charge >= 0.3 is 0 Å². The minimum Gasteiger partial charge on any atom is -0.283 e. The molecule has 0 unspecified atom stereocenters. The van der Waals surface area contributed by atoms with Crippen LogP contribution >= 0.6 is 34.4 Å². The van der Waals surface area contributed by atoms with Crippen LogP contribution in [0.4, 0.5) is 0 Å². The molecular formula is C19H21N3OS3. The van der Waals surface area contributed by atoms with Crippen molar-refractivity contribution in [3.63, 3.8) is 0 Å². The Hall–Kier alpha value is -1.44. The van der Waals surface area contributed by atoms with Crippen LogP contribution in [0.3, 0.4) is 0 Å². The summed E-state index contributed by atoms with van der Waals surface area (Å²) in [7, 11) is 0. The summed E-state index contributed by atoms with van der Waals surface area (Å²) >= 11 is 4.94. The van der Waals surface area contributed by atoms with E-state index in [0.29, 0.717) is 12.5 Å². The summed E-state index contributed by atoms with van der Waals surface area (Å²) in [4.78, 5) is 24.9. The number of allylic oxidation sites excluding steroid dienone is 1. The van der Waals surface area contributed by atoms with Crippen molar-refractivity contribution in [3.8, 4) is 0 Å². The van der Waals surface area contributed by atoms with E-state index >= 15 is 0 Å². The number of aryl methyl sites for hydroxylation is 2. The van der Waals surface area contributed by atoms with Gasteiger partial charge < -0.3 is 0 Å². The topological polar surface area (TPSA) is 47.8 Å². The number of thioether (sulfide) groups is 1. The van der Waals surface area contributed by atoms with E-state index < -0.39 is 0 Å². The second kappa shape index (κ2) is 7.29. The number of thiophene rings is 1. The van der Waals surface area contributed by atoms with E-state index in [1.54, 1.807) is 45.1 Å². The van der Waals surface area contributed by atoms with Gasteiger partial charge in [0, 0.05) is 22.6 Å². The molecule has 0 saturated carbocycles. The van der Waals surface area contributed by atoms with Crippen LogP contribution in [-0.4, -0.2) is 14.5 Å². The predicted molar refractivity (Wildman–Crippen MR) is 112 cm³/mol. The van der Waals surface area contributed by atoms with Crippen molar-refractivity contribution in [2.24, 2.45) is 5.92 Å². The maximum Gasteiger partial charge on any atom is 0.263 e. The lowest BCUT2D eigenvalue weighted by atomic mass is 9.89. The van der Waals surface area contributed by atoms with E-state index in [9.17, 15) is 4.79 Å². The van der Waals surface area contributed by atoms with Crippen molar-refractivity contribution in [1.82, 2.24) is 14.5 Å². The van der Waals surface area contributed by atoms with Gasteiger partial charge in [-0.25, -0.2) is 9.97 Å². The Kier molecular flexibility index (Phi) is 5.03. The Balaban J connectivity index is 1.77. The standard InChI is InChI=1S/C19H21N3OS3/c1-4-7-22-18(23)16-14-6-5-11(2)8-15(14)26-17(16)21-19(22)25-10-13-9-24-12(3)20-13/h4,9,11H,1,5-8,10H2,2-3H3/t11-/m1/s1. The molecule has 4 rings (SSSR count). The third-order valence-electron chi connectivity index (χ3n) is 4.71. The van der Waals surface area contributed by atoms with Gasteiger partial charge in [0.1, 0.15) is 4.83 Å². The minimum atomic E-state index is 0.0823. The van der Waals surface area contributed by atoms with E-state index in [0.717, 1.165) is 51.1 Å². The number of hydrogen-bond donors (Lipinski definition) is 0. The number of hydrogen-bond acceptors (Lipinski definition) is 6. The largest absolute Gasteiger partial charge is 0.283 e. The van der Waals surface area contributed by atoms with Gasteiger partial charge in [0.15, 0.2) is 5.16 Å². The van der Waals surface area contributed by atoms with Crippen LogP contribution in [-0.2, 0) is 25.1 Å². The molecule has 0 radical (unpaired) electrons. The smallest absolute Gasteiger partial charge is 0.263 e. The summed E-state index contributed by atoms with van der Waals surface area (Å²) in [5.41, 5.74) is 2.36. The number of fused-ring (bicyclic) bond motifs is 3. The quantitative estimate of drug-likeness (QED) is 0.348. The SMILES string of the molecule is C=CCn1c(SCc2csc(C)n2)nc2sc3c(c2c1=O)CC[C@@H](C)C3. The molecule has 3 heterocycles.